The van der Waals surface area contributed by atoms with Gasteiger partial charge in [-0.25, -0.2) is 0 Å². The monoisotopic (exact) mass is 358 g/mol. The highest BCUT2D eigenvalue weighted by Crippen LogP contribution is 2.23. The maximum absolute atomic E-state index is 10.3. The summed E-state index contributed by atoms with van der Waals surface area (Å²) in [7, 11) is 3.30. The van der Waals surface area contributed by atoms with Crippen LogP contribution in [-0.2, 0) is 0 Å². The lowest BCUT2D eigenvalue weighted by Crippen LogP contribution is -1.82. The van der Waals surface area contributed by atoms with Crippen molar-refractivity contribution < 1.29 is 14.6 Å². The Morgan fingerprint density at radius 1 is 0.593 bits per heavy atom. The first-order chi connectivity index (χ1) is 13.2. The van der Waals surface area contributed by atoms with Gasteiger partial charge in [0.05, 0.1) is 14.2 Å². The van der Waals surface area contributed by atoms with Gasteiger partial charge in [-0.3, -0.25) is 0 Å². The molecule has 3 nitrogen and oxygen atoms in total. The molecule has 0 fully saturated rings. The number of hydrogen-bond donors (Lipinski definition) is 1. The number of phenols is 1. The van der Waals surface area contributed by atoms with Gasteiger partial charge in [0.25, 0.3) is 0 Å². The average molecular weight is 358 g/mol. The van der Waals surface area contributed by atoms with Crippen LogP contribution in [0.1, 0.15) is 22.3 Å². The molecule has 0 unspecified atom stereocenters. The van der Waals surface area contributed by atoms with E-state index in [1.165, 1.54) is 0 Å². The molecule has 0 saturated carbocycles. The van der Waals surface area contributed by atoms with Crippen molar-refractivity contribution in [2.75, 3.05) is 14.2 Å². The molecule has 3 aromatic rings. The molecule has 0 bridgehead atoms. The zero-order valence-corrected chi connectivity index (χ0v) is 15.4. The lowest BCUT2D eigenvalue weighted by molar-refractivity contribution is 0.414. The number of hydrogen-bond acceptors (Lipinski definition) is 3. The first-order valence-electron chi connectivity index (χ1n) is 8.65. The number of ether oxygens (including phenoxy) is 2. The zero-order chi connectivity index (χ0) is 19.1. The van der Waals surface area contributed by atoms with Crippen LogP contribution >= 0.6 is 0 Å². The molecule has 0 amide bonds. The van der Waals surface area contributed by atoms with Crippen molar-refractivity contribution in [1.29, 1.82) is 0 Å². The Bertz CT molecular complexity index is 936. The van der Waals surface area contributed by atoms with E-state index in [1.54, 1.807) is 20.3 Å². The van der Waals surface area contributed by atoms with E-state index in [0.717, 1.165) is 33.8 Å². The Kier molecular flexibility index (Phi) is 5.95. The van der Waals surface area contributed by atoms with E-state index >= 15 is 0 Å². The first kappa shape index (κ1) is 18.3. The normalized spacial score (nSPS) is 11.2. The lowest BCUT2D eigenvalue weighted by Gasteiger charge is -2.03. The fraction of sp³-hybridized carbons (Fsp3) is 0.0833. The van der Waals surface area contributed by atoms with Crippen molar-refractivity contribution >= 4 is 24.3 Å². The Labute approximate surface area is 159 Å². The minimum Gasteiger partial charge on any atom is -0.507 e. The summed E-state index contributed by atoms with van der Waals surface area (Å²) in [6.45, 7) is 0. The van der Waals surface area contributed by atoms with Crippen LogP contribution in [0.3, 0.4) is 0 Å². The van der Waals surface area contributed by atoms with Crippen molar-refractivity contribution in [2.24, 2.45) is 0 Å². The maximum Gasteiger partial charge on any atom is 0.123 e. The fourth-order valence-electron chi connectivity index (χ4n) is 2.61. The van der Waals surface area contributed by atoms with Gasteiger partial charge in [0.2, 0.25) is 0 Å². The molecule has 3 aromatic carbocycles. The minimum atomic E-state index is 0.247. The molecule has 3 rings (SSSR count). The van der Waals surface area contributed by atoms with Gasteiger partial charge in [-0.1, -0.05) is 60.7 Å². The number of methoxy groups -OCH3 is 2. The summed E-state index contributed by atoms with van der Waals surface area (Å²) in [5, 5.41) is 10.3. The molecule has 1 N–H and O–H groups in total. The molecule has 0 saturated heterocycles. The van der Waals surface area contributed by atoms with Gasteiger partial charge in [-0.05, 0) is 47.0 Å². The number of rotatable bonds is 6. The maximum atomic E-state index is 10.3. The van der Waals surface area contributed by atoms with Crippen molar-refractivity contribution in [3.05, 3.63) is 89.0 Å². The Morgan fingerprint density at radius 2 is 1.04 bits per heavy atom. The van der Waals surface area contributed by atoms with Crippen LogP contribution in [-0.4, -0.2) is 19.3 Å². The molecule has 0 radical (unpaired) electrons. The highest BCUT2D eigenvalue weighted by Gasteiger charge is 1.99. The number of benzene rings is 3. The third-order valence-electron chi connectivity index (χ3n) is 4.21. The predicted octanol–water partition coefficient (Wildman–Crippen LogP) is 5.75. The summed E-state index contributed by atoms with van der Waals surface area (Å²) in [6.07, 6.45) is 7.83. The third kappa shape index (κ3) is 5.02. The Hall–Kier alpha value is -3.46. The minimum absolute atomic E-state index is 0.247. The molecule has 0 aliphatic carbocycles. The van der Waals surface area contributed by atoms with Gasteiger partial charge in [0, 0.05) is 5.56 Å². The summed E-state index contributed by atoms with van der Waals surface area (Å²) < 4.78 is 10.3. The van der Waals surface area contributed by atoms with E-state index < -0.39 is 0 Å². The average Bonchev–Trinajstić information content (AvgIpc) is 2.72. The quantitative estimate of drug-likeness (QED) is 0.570. The van der Waals surface area contributed by atoms with E-state index in [2.05, 4.69) is 0 Å². The van der Waals surface area contributed by atoms with Crippen LogP contribution in [0, 0.1) is 0 Å². The van der Waals surface area contributed by atoms with Crippen LogP contribution in [0.4, 0.5) is 0 Å². The van der Waals surface area contributed by atoms with Crippen LogP contribution in [0.25, 0.3) is 24.3 Å². The van der Waals surface area contributed by atoms with Gasteiger partial charge in [0.15, 0.2) is 0 Å². The van der Waals surface area contributed by atoms with Crippen molar-refractivity contribution in [2.45, 2.75) is 0 Å². The lowest BCUT2D eigenvalue weighted by atomic mass is 10.1. The second-order valence-corrected chi connectivity index (χ2v) is 6.03. The van der Waals surface area contributed by atoms with E-state index in [4.69, 9.17) is 9.47 Å². The zero-order valence-electron chi connectivity index (χ0n) is 15.4. The van der Waals surface area contributed by atoms with Gasteiger partial charge >= 0.3 is 0 Å². The van der Waals surface area contributed by atoms with Crippen LogP contribution in [0.5, 0.6) is 17.2 Å². The topological polar surface area (TPSA) is 38.7 Å². The predicted molar refractivity (Wildman–Crippen MR) is 112 cm³/mol. The highest BCUT2D eigenvalue weighted by atomic mass is 16.5. The van der Waals surface area contributed by atoms with Crippen LogP contribution in [0.2, 0.25) is 0 Å². The van der Waals surface area contributed by atoms with Gasteiger partial charge < -0.3 is 14.6 Å². The summed E-state index contributed by atoms with van der Waals surface area (Å²) in [6, 6.07) is 21.2. The van der Waals surface area contributed by atoms with Crippen molar-refractivity contribution in [3.63, 3.8) is 0 Å². The largest absolute Gasteiger partial charge is 0.507 e. The SMILES string of the molecule is COc1ccc(C=Cc2ccc(C=Cc3ccc(OC)cc3)c(O)c2)cc1. The van der Waals surface area contributed by atoms with Gasteiger partial charge in [0.1, 0.15) is 17.2 Å². The molecule has 3 heteroatoms. The van der Waals surface area contributed by atoms with E-state index in [9.17, 15) is 5.11 Å². The standard InChI is InChI=1S/C24H22O3/c1-26-22-13-7-18(8-14-22)3-4-20-6-12-21(24(25)17-20)11-5-19-9-15-23(27-2)16-10-19/h3-17,25H,1-2H3. The van der Waals surface area contributed by atoms with E-state index in [-0.39, 0.29) is 5.75 Å². The molecule has 27 heavy (non-hydrogen) atoms. The van der Waals surface area contributed by atoms with Crippen LogP contribution in [0.15, 0.2) is 66.7 Å². The van der Waals surface area contributed by atoms with Gasteiger partial charge in [-0.15, -0.1) is 0 Å². The molecular weight excluding hydrogens is 336 g/mol. The van der Waals surface area contributed by atoms with Crippen LogP contribution < -0.4 is 9.47 Å². The van der Waals surface area contributed by atoms with E-state index in [0.29, 0.717) is 0 Å². The summed E-state index contributed by atoms with van der Waals surface area (Å²) in [5.41, 5.74) is 3.81. The second kappa shape index (κ2) is 8.77. The number of phenolic OH excluding ortho intramolecular Hbond substituents is 1. The molecule has 0 heterocycles. The summed E-state index contributed by atoms with van der Waals surface area (Å²) in [4.78, 5) is 0. The summed E-state index contributed by atoms with van der Waals surface area (Å²) in [5.74, 6) is 1.90. The Morgan fingerprint density at radius 3 is 1.52 bits per heavy atom. The molecule has 0 aliphatic rings. The van der Waals surface area contributed by atoms with Gasteiger partial charge in [-0.2, -0.15) is 0 Å². The van der Waals surface area contributed by atoms with Crippen molar-refractivity contribution in [1.82, 2.24) is 0 Å². The second-order valence-electron chi connectivity index (χ2n) is 6.03. The molecule has 0 spiro atoms. The van der Waals surface area contributed by atoms with Crippen molar-refractivity contribution in [3.8, 4) is 17.2 Å². The molecule has 0 aromatic heterocycles. The Balaban J connectivity index is 1.70. The summed E-state index contributed by atoms with van der Waals surface area (Å²) >= 11 is 0. The molecule has 136 valence electrons. The molecular formula is C24H22O3. The third-order valence-corrected chi connectivity index (χ3v) is 4.21. The molecule has 0 aliphatic heterocycles. The fourth-order valence-corrected chi connectivity index (χ4v) is 2.61. The highest BCUT2D eigenvalue weighted by molar-refractivity contribution is 5.76. The smallest absolute Gasteiger partial charge is 0.123 e. The molecule has 0 atom stereocenters. The van der Waals surface area contributed by atoms with E-state index in [1.807, 2.05) is 85.0 Å². The first-order valence-corrected chi connectivity index (χ1v) is 8.65. The number of aromatic hydroxyl groups is 1.